The topological polar surface area (TPSA) is 29.5 Å². The van der Waals surface area contributed by atoms with E-state index >= 15 is 0 Å². The molecule has 1 aromatic rings. The Labute approximate surface area is 148 Å². The molecule has 0 saturated heterocycles. The summed E-state index contributed by atoms with van der Waals surface area (Å²) in [6, 6.07) is 8.07. The first-order chi connectivity index (χ1) is 11.3. The minimum Gasteiger partial charge on any atom is -0.492 e. The lowest BCUT2D eigenvalue weighted by Crippen LogP contribution is -2.06. The van der Waals surface area contributed by atoms with Crippen LogP contribution in [0.4, 0.5) is 0 Å². The van der Waals surface area contributed by atoms with Crippen LogP contribution >= 0.6 is 24.0 Å². The zero-order valence-corrected chi connectivity index (χ0v) is 15.0. The Hall–Kier alpha value is -1.10. The van der Waals surface area contributed by atoms with Gasteiger partial charge in [0.1, 0.15) is 5.76 Å². The van der Waals surface area contributed by atoms with E-state index in [0.717, 1.165) is 41.4 Å². The summed E-state index contributed by atoms with van der Waals surface area (Å²) in [5, 5.41) is 9.30. The van der Waals surface area contributed by atoms with Crippen LogP contribution in [-0.2, 0) is 11.3 Å². The van der Waals surface area contributed by atoms with Crippen molar-refractivity contribution >= 4 is 28.8 Å². The van der Waals surface area contributed by atoms with E-state index in [9.17, 15) is 5.11 Å². The van der Waals surface area contributed by atoms with Gasteiger partial charge < -0.3 is 9.84 Å². The number of benzene rings is 1. The summed E-state index contributed by atoms with van der Waals surface area (Å²) < 4.78 is 5.74. The molecule has 0 unspecified atom stereocenters. The maximum absolute atomic E-state index is 9.30. The van der Waals surface area contributed by atoms with Crippen molar-refractivity contribution in [1.29, 1.82) is 0 Å². The molecule has 0 bridgehead atoms. The zero-order chi connectivity index (χ0) is 16.3. The predicted molar refractivity (Wildman–Crippen MR) is 102 cm³/mol. The number of rotatable bonds is 10. The molecule has 1 N–H and O–H groups in total. The Morgan fingerprint density at radius 2 is 1.96 bits per heavy atom. The van der Waals surface area contributed by atoms with Crippen molar-refractivity contribution in [1.82, 2.24) is 0 Å². The molecule has 1 aromatic carbocycles. The summed E-state index contributed by atoms with van der Waals surface area (Å²) in [5.74, 6) is 1.97. The van der Waals surface area contributed by atoms with Crippen LogP contribution in [0.2, 0.25) is 0 Å². The van der Waals surface area contributed by atoms with Gasteiger partial charge in [-0.15, -0.1) is 11.8 Å². The molecule has 0 saturated carbocycles. The van der Waals surface area contributed by atoms with Crippen LogP contribution in [0.15, 0.2) is 53.1 Å². The Morgan fingerprint density at radius 1 is 1.13 bits per heavy atom. The number of thioether (sulfide) groups is 1. The van der Waals surface area contributed by atoms with Gasteiger partial charge in [-0.3, -0.25) is 0 Å². The van der Waals surface area contributed by atoms with Crippen LogP contribution in [0.3, 0.4) is 0 Å². The molecular formula is C19H24O2S2. The predicted octanol–water partition coefficient (Wildman–Crippen LogP) is 5.06. The second-order valence-electron chi connectivity index (χ2n) is 5.46. The molecule has 0 heterocycles. The van der Waals surface area contributed by atoms with Crippen LogP contribution in [0.5, 0.6) is 0 Å². The average molecular weight is 349 g/mol. The Bertz CT molecular complexity index is 564. The first-order valence-corrected chi connectivity index (χ1v) is 9.55. The monoisotopic (exact) mass is 348 g/mol. The third-order valence-electron chi connectivity index (χ3n) is 3.66. The second-order valence-corrected chi connectivity index (χ2v) is 7.09. The van der Waals surface area contributed by atoms with E-state index in [4.69, 9.17) is 17.0 Å². The van der Waals surface area contributed by atoms with Gasteiger partial charge in [0, 0.05) is 11.3 Å². The smallest absolute Gasteiger partial charge is 0.133 e. The molecule has 2 rings (SSSR count). The molecule has 1 aliphatic carbocycles. The fourth-order valence-electron chi connectivity index (χ4n) is 2.35. The van der Waals surface area contributed by atoms with Gasteiger partial charge in [-0.25, -0.2) is 0 Å². The third-order valence-corrected chi connectivity index (χ3v) is 5.23. The van der Waals surface area contributed by atoms with Crippen molar-refractivity contribution in [3.8, 4) is 0 Å². The molecule has 0 atom stereocenters. The Balaban J connectivity index is 1.52. The molecule has 1 aliphatic rings. The molecule has 124 valence electrons. The van der Waals surface area contributed by atoms with Gasteiger partial charge in [0.25, 0.3) is 0 Å². The fourth-order valence-corrected chi connectivity index (χ4v) is 3.63. The largest absolute Gasteiger partial charge is 0.492 e. The summed E-state index contributed by atoms with van der Waals surface area (Å²) in [4.78, 5) is 2.11. The van der Waals surface area contributed by atoms with E-state index < -0.39 is 0 Å². The minimum atomic E-state index is 0.118. The van der Waals surface area contributed by atoms with E-state index in [1.54, 1.807) is 0 Å². The van der Waals surface area contributed by atoms with Crippen molar-refractivity contribution in [2.75, 3.05) is 12.4 Å². The number of hydrogen-bond donors (Lipinski definition) is 1. The molecule has 2 nitrogen and oxygen atoms in total. The zero-order valence-electron chi connectivity index (χ0n) is 13.4. The molecule has 0 spiro atoms. The van der Waals surface area contributed by atoms with Crippen LogP contribution in [0.1, 0.15) is 37.7 Å². The van der Waals surface area contributed by atoms with Gasteiger partial charge in [-0.2, -0.15) is 0 Å². The summed E-state index contributed by atoms with van der Waals surface area (Å²) in [5.41, 5.74) is 1.02. The van der Waals surface area contributed by atoms with Crippen molar-refractivity contribution in [3.63, 3.8) is 0 Å². The molecule has 0 amide bonds. The van der Waals surface area contributed by atoms with Crippen LogP contribution in [0.25, 0.3) is 0 Å². The quantitative estimate of drug-likeness (QED) is 0.363. The summed E-state index contributed by atoms with van der Waals surface area (Å²) in [6.45, 7) is 0.869. The van der Waals surface area contributed by atoms with Crippen molar-refractivity contribution in [2.24, 2.45) is 0 Å². The molecule has 4 heteroatoms. The van der Waals surface area contributed by atoms with Crippen LogP contribution in [0, 0.1) is 0 Å². The van der Waals surface area contributed by atoms with Crippen molar-refractivity contribution < 1.29 is 9.84 Å². The van der Waals surface area contributed by atoms with Gasteiger partial charge in [-0.1, -0.05) is 55.4 Å². The molecule has 0 radical (unpaired) electrons. The number of ether oxygens (including phenoxy) is 1. The standard InChI is InChI=1S/C19H24O2S2/c20-15-16-9-3-6-12-19(16)23-14-8-2-1-7-13-21-17-10-4-5-11-18(17)22/h3-6,9-10,12,20H,1-2,7-8,11,13-15H2. The number of allylic oxidation sites excluding steroid dienone is 4. The lowest BCUT2D eigenvalue weighted by atomic mass is 10.1. The maximum Gasteiger partial charge on any atom is 0.133 e. The summed E-state index contributed by atoms with van der Waals surface area (Å²) in [6.07, 6.45) is 11.5. The summed E-state index contributed by atoms with van der Waals surface area (Å²) in [7, 11) is 0. The fraction of sp³-hybridized carbons (Fsp3) is 0.421. The Morgan fingerprint density at radius 3 is 2.78 bits per heavy atom. The van der Waals surface area contributed by atoms with Gasteiger partial charge >= 0.3 is 0 Å². The van der Waals surface area contributed by atoms with E-state index in [2.05, 4.69) is 12.1 Å². The highest BCUT2D eigenvalue weighted by Gasteiger charge is 2.07. The van der Waals surface area contributed by atoms with Crippen molar-refractivity contribution in [3.05, 3.63) is 53.8 Å². The normalized spacial score (nSPS) is 14.0. The van der Waals surface area contributed by atoms with Crippen LogP contribution in [-0.4, -0.2) is 22.3 Å². The van der Waals surface area contributed by atoms with E-state index in [1.165, 1.54) is 24.2 Å². The Kier molecular flexibility index (Phi) is 8.43. The highest BCUT2D eigenvalue weighted by Crippen LogP contribution is 2.24. The number of hydrogen-bond acceptors (Lipinski definition) is 4. The molecule has 0 fully saturated rings. The minimum absolute atomic E-state index is 0.118. The number of aliphatic hydroxyl groups is 1. The first kappa shape index (κ1) is 18.2. The highest BCUT2D eigenvalue weighted by molar-refractivity contribution is 7.99. The van der Waals surface area contributed by atoms with E-state index in [-0.39, 0.29) is 6.61 Å². The van der Waals surface area contributed by atoms with E-state index in [0.29, 0.717) is 0 Å². The van der Waals surface area contributed by atoms with Crippen molar-refractivity contribution in [2.45, 2.75) is 43.6 Å². The van der Waals surface area contributed by atoms with E-state index in [1.807, 2.05) is 42.1 Å². The van der Waals surface area contributed by atoms with Gasteiger partial charge in [0.2, 0.25) is 0 Å². The van der Waals surface area contributed by atoms with Crippen LogP contribution < -0.4 is 0 Å². The molecule has 0 aliphatic heterocycles. The lowest BCUT2D eigenvalue weighted by Gasteiger charge is -2.12. The van der Waals surface area contributed by atoms with Gasteiger partial charge in [-0.05, 0) is 36.3 Å². The second kappa shape index (κ2) is 10.6. The molecule has 0 aromatic heterocycles. The number of thiocarbonyl (C=S) groups is 1. The third kappa shape index (κ3) is 6.50. The lowest BCUT2D eigenvalue weighted by molar-refractivity contribution is 0.223. The SMILES string of the molecule is OCc1ccccc1SCCCCCCOC1=CC=CCC1=S. The van der Waals surface area contributed by atoms with Gasteiger partial charge in [0.05, 0.1) is 18.1 Å². The molecular weight excluding hydrogens is 324 g/mol. The maximum atomic E-state index is 9.30. The summed E-state index contributed by atoms with van der Waals surface area (Å²) >= 11 is 7.10. The average Bonchev–Trinajstić information content (AvgIpc) is 2.59. The first-order valence-electron chi connectivity index (χ1n) is 8.15. The van der Waals surface area contributed by atoms with Gasteiger partial charge in [0.15, 0.2) is 0 Å². The molecule has 23 heavy (non-hydrogen) atoms. The number of unbranched alkanes of at least 4 members (excludes halogenated alkanes) is 3. The highest BCUT2D eigenvalue weighted by atomic mass is 32.2. The number of aliphatic hydroxyl groups excluding tert-OH is 1.